The fourth-order valence-electron chi connectivity index (χ4n) is 1.98. The summed E-state index contributed by atoms with van der Waals surface area (Å²) in [6.07, 6.45) is -0.196. The van der Waals surface area contributed by atoms with E-state index in [4.69, 9.17) is 0 Å². The third-order valence-corrected chi connectivity index (χ3v) is 3.66. The maximum Gasteiger partial charge on any atom is 0.233 e. The minimum Gasteiger partial charge on any atom is -0.352 e. The van der Waals surface area contributed by atoms with Crippen LogP contribution in [0.1, 0.15) is 17.5 Å². The molecule has 0 aliphatic carbocycles. The fraction of sp³-hybridized carbons (Fsp3) is 0.176. The molecule has 22 heavy (non-hydrogen) atoms. The van der Waals surface area contributed by atoms with Crippen LogP contribution in [0, 0.1) is 6.92 Å². The Morgan fingerprint density at radius 1 is 1.05 bits per heavy atom. The van der Waals surface area contributed by atoms with Crippen LogP contribution in [0.5, 0.6) is 0 Å². The monoisotopic (exact) mass is 360 g/mol. The van der Waals surface area contributed by atoms with Crippen molar-refractivity contribution < 1.29 is 9.59 Å². The number of carbonyl (C=O) groups is 2. The van der Waals surface area contributed by atoms with Crippen molar-refractivity contribution in [2.24, 2.45) is 0 Å². The van der Waals surface area contributed by atoms with Gasteiger partial charge in [0.1, 0.15) is 6.42 Å². The summed E-state index contributed by atoms with van der Waals surface area (Å²) in [6.45, 7) is 2.41. The van der Waals surface area contributed by atoms with Gasteiger partial charge in [-0.3, -0.25) is 9.59 Å². The van der Waals surface area contributed by atoms with E-state index in [9.17, 15) is 9.59 Å². The molecule has 2 N–H and O–H groups in total. The van der Waals surface area contributed by atoms with Gasteiger partial charge in [-0.2, -0.15) is 0 Å². The first-order chi connectivity index (χ1) is 10.5. The second-order valence-electron chi connectivity index (χ2n) is 4.94. The molecule has 4 nitrogen and oxygen atoms in total. The Morgan fingerprint density at radius 2 is 1.82 bits per heavy atom. The summed E-state index contributed by atoms with van der Waals surface area (Å²) in [5.41, 5.74) is 2.82. The fourth-order valence-corrected chi connectivity index (χ4v) is 2.38. The van der Waals surface area contributed by atoms with Crippen LogP contribution in [0.25, 0.3) is 0 Å². The van der Waals surface area contributed by atoms with Crippen LogP contribution in [0.4, 0.5) is 5.69 Å². The zero-order valence-electron chi connectivity index (χ0n) is 12.2. The van der Waals surface area contributed by atoms with Gasteiger partial charge in [-0.1, -0.05) is 46.3 Å². The topological polar surface area (TPSA) is 58.2 Å². The molecule has 0 saturated heterocycles. The molecule has 2 aromatic carbocycles. The lowest BCUT2D eigenvalue weighted by Gasteiger charge is -2.08. The lowest BCUT2D eigenvalue weighted by Crippen LogP contribution is -2.28. The van der Waals surface area contributed by atoms with E-state index in [1.165, 1.54) is 0 Å². The van der Waals surface area contributed by atoms with Gasteiger partial charge in [-0.15, -0.1) is 0 Å². The number of carbonyl (C=O) groups excluding carboxylic acids is 2. The molecule has 0 aromatic heterocycles. The smallest absolute Gasteiger partial charge is 0.233 e. The number of nitrogens with one attached hydrogen (secondary N) is 2. The highest BCUT2D eigenvalue weighted by molar-refractivity contribution is 9.10. The third-order valence-electron chi connectivity index (χ3n) is 3.17. The van der Waals surface area contributed by atoms with Gasteiger partial charge in [0, 0.05) is 16.7 Å². The SMILES string of the molecule is Cc1ccccc1CNC(=O)CC(=O)Nc1cccc(Br)c1. The summed E-state index contributed by atoms with van der Waals surface area (Å²) >= 11 is 3.33. The highest BCUT2D eigenvalue weighted by Gasteiger charge is 2.10. The average molecular weight is 361 g/mol. The van der Waals surface area contributed by atoms with Gasteiger partial charge in [0.15, 0.2) is 0 Å². The Bertz CT molecular complexity index is 686. The molecule has 0 spiro atoms. The molecule has 2 amide bonds. The van der Waals surface area contributed by atoms with E-state index in [1.807, 2.05) is 43.3 Å². The number of benzene rings is 2. The van der Waals surface area contributed by atoms with Crippen LogP contribution in [0.15, 0.2) is 53.0 Å². The molecule has 0 heterocycles. The quantitative estimate of drug-likeness (QED) is 0.802. The van der Waals surface area contributed by atoms with Crippen LogP contribution in [-0.2, 0) is 16.1 Å². The number of hydrogen-bond acceptors (Lipinski definition) is 2. The van der Waals surface area contributed by atoms with Gasteiger partial charge in [0.25, 0.3) is 0 Å². The Morgan fingerprint density at radius 3 is 2.55 bits per heavy atom. The molecule has 0 aliphatic heterocycles. The van der Waals surface area contributed by atoms with Crippen molar-refractivity contribution in [3.8, 4) is 0 Å². The van der Waals surface area contributed by atoms with E-state index < -0.39 is 0 Å². The molecule has 0 fully saturated rings. The number of anilines is 1. The van der Waals surface area contributed by atoms with E-state index in [2.05, 4.69) is 26.6 Å². The van der Waals surface area contributed by atoms with Crippen LogP contribution in [-0.4, -0.2) is 11.8 Å². The van der Waals surface area contributed by atoms with E-state index in [0.29, 0.717) is 12.2 Å². The van der Waals surface area contributed by atoms with E-state index >= 15 is 0 Å². The van der Waals surface area contributed by atoms with Gasteiger partial charge >= 0.3 is 0 Å². The van der Waals surface area contributed by atoms with Gasteiger partial charge < -0.3 is 10.6 Å². The number of halogens is 1. The summed E-state index contributed by atoms with van der Waals surface area (Å²) in [7, 11) is 0. The van der Waals surface area contributed by atoms with Crippen molar-refractivity contribution in [1.29, 1.82) is 0 Å². The van der Waals surface area contributed by atoms with E-state index in [0.717, 1.165) is 15.6 Å². The summed E-state index contributed by atoms with van der Waals surface area (Å²) in [5, 5.41) is 5.45. The highest BCUT2D eigenvalue weighted by Crippen LogP contribution is 2.15. The van der Waals surface area contributed by atoms with Gasteiger partial charge in [0.2, 0.25) is 11.8 Å². The highest BCUT2D eigenvalue weighted by atomic mass is 79.9. The molecule has 114 valence electrons. The molecule has 0 atom stereocenters. The molecule has 2 aromatic rings. The summed E-state index contributed by atoms with van der Waals surface area (Å²) < 4.78 is 0.870. The first-order valence-electron chi connectivity index (χ1n) is 6.91. The second-order valence-corrected chi connectivity index (χ2v) is 5.85. The molecular formula is C17H17BrN2O2. The number of aryl methyl sites for hydroxylation is 1. The average Bonchev–Trinajstić information content (AvgIpc) is 2.46. The minimum atomic E-state index is -0.333. The molecule has 0 radical (unpaired) electrons. The van der Waals surface area contributed by atoms with Gasteiger partial charge in [-0.25, -0.2) is 0 Å². The molecule has 2 rings (SSSR count). The molecular weight excluding hydrogens is 344 g/mol. The molecule has 0 unspecified atom stereocenters. The maximum absolute atomic E-state index is 11.8. The number of amides is 2. The van der Waals surface area contributed by atoms with Crippen LogP contribution < -0.4 is 10.6 Å². The molecule has 0 bridgehead atoms. The second kappa shape index (κ2) is 7.75. The van der Waals surface area contributed by atoms with Crippen molar-refractivity contribution in [3.05, 3.63) is 64.1 Å². The number of hydrogen-bond donors (Lipinski definition) is 2. The van der Waals surface area contributed by atoms with Gasteiger partial charge in [0.05, 0.1) is 0 Å². The Kier molecular flexibility index (Phi) is 5.72. The lowest BCUT2D eigenvalue weighted by molar-refractivity contribution is -0.126. The van der Waals surface area contributed by atoms with Crippen molar-refractivity contribution in [2.45, 2.75) is 19.9 Å². The zero-order valence-corrected chi connectivity index (χ0v) is 13.8. The van der Waals surface area contributed by atoms with Crippen molar-refractivity contribution in [3.63, 3.8) is 0 Å². The minimum absolute atomic E-state index is 0.196. The molecule has 0 aliphatic rings. The van der Waals surface area contributed by atoms with Crippen LogP contribution in [0.2, 0.25) is 0 Å². The first-order valence-corrected chi connectivity index (χ1v) is 7.70. The van der Waals surface area contributed by atoms with Crippen molar-refractivity contribution in [1.82, 2.24) is 5.32 Å². The van der Waals surface area contributed by atoms with E-state index in [1.54, 1.807) is 12.1 Å². The van der Waals surface area contributed by atoms with E-state index in [-0.39, 0.29) is 18.2 Å². The zero-order chi connectivity index (χ0) is 15.9. The largest absolute Gasteiger partial charge is 0.352 e. The summed E-state index contributed by atoms with van der Waals surface area (Å²) in [5.74, 6) is -0.629. The molecule has 0 saturated carbocycles. The van der Waals surface area contributed by atoms with Crippen LogP contribution in [0.3, 0.4) is 0 Å². The van der Waals surface area contributed by atoms with Crippen molar-refractivity contribution >= 4 is 33.4 Å². The predicted molar refractivity (Wildman–Crippen MR) is 90.4 cm³/mol. The Hall–Kier alpha value is -2.14. The maximum atomic E-state index is 11.8. The lowest BCUT2D eigenvalue weighted by atomic mass is 10.1. The Labute approximate surface area is 138 Å². The normalized spacial score (nSPS) is 10.1. The van der Waals surface area contributed by atoms with Crippen molar-refractivity contribution in [2.75, 3.05) is 5.32 Å². The standard InChI is InChI=1S/C17H17BrN2O2/c1-12-5-2-3-6-13(12)11-19-16(21)10-17(22)20-15-8-4-7-14(18)9-15/h2-9H,10-11H2,1H3,(H,19,21)(H,20,22). The van der Waals surface area contributed by atoms with Gasteiger partial charge in [-0.05, 0) is 36.2 Å². The number of rotatable bonds is 5. The van der Waals surface area contributed by atoms with Crippen LogP contribution >= 0.6 is 15.9 Å². The predicted octanol–water partition coefficient (Wildman–Crippen LogP) is 3.40. The third kappa shape index (κ3) is 5.00. The Balaban J connectivity index is 1.82. The molecule has 5 heteroatoms. The first kappa shape index (κ1) is 16.2. The summed E-state index contributed by atoms with van der Waals surface area (Å²) in [6, 6.07) is 15.1. The summed E-state index contributed by atoms with van der Waals surface area (Å²) in [4.78, 5) is 23.6.